The standard InChI is InChI=1S/C26H39FN4O3/c27-23-6-4-21(5-7-23)18-28-25(33)22-8-12-30(13-9-22)19-24(32)29-20-26(10-2-1-3-11-26)31-14-16-34-17-15-31/h4-7,22H,1-3,8-20H2,(H,28,33)(H,29,32). The van der Waals surface area contributed by atoms with Crippen molar-refractivity contribution in [3.63, 3.8) is 0 Å². The number of halogens is 1. The van der Waals surface area contributed by atoms with Crippen LogP contribution in [-0.2, 0) is 20.9 Å². The summed E-state index contributed by atoms with van der Waals surface area (Å²) < 4.78 is 18.6. The average Bonchev–Trinajstić information content (AvgIpc) is 2.88. The SMILES string of the molecule is O=C(CN1CCC(C(=O)NCc2ccc(F)cc2)CC1)NCC1(N2CCOCC2)CCCCC1. The van der Waals surface area contributed by atoms with Crippen molar-refractivity contribution in [2.75, 3.05) is 52.5 Å². The number of hydrogen-bond acceptors (Lipinski definition) is 5. The summed E-state index contributed by atoms with van der Waals surface area (Å²) in [6.07, 6.45) is 7.53. The lowest BCUT2D eigenvalue weighted by Gasteiger charge is -2.48. The van der Waals surface area contributed by atoms with Gasteiger partial charge in [0.2, 0.25) is 11.8 Å². The molecule has 2 saturated heterocycles. The highest BCUT2D eigenvalue weighted by Gasteiger charge is 2.39. The first kappa shape index (κ1) is 25.1. The third-order valence-corrected chi connectivity index (χ3v) is 7.79. The number of ether oxygens (including phenoxy) is 1. The molecule has 1 aliphatic carbocycles. The van der Waals surface area contributed by atoms with Crippen molar-refractivity contribution in [2.45, 2.75) is 57.0 Å². The van der Waals surface area contributed by atoms with E-state index in [1.165, 1.54) is 31.4 Å². The van der Waals surface area contributed by atoms with Gasteiger partial charge >= 0.3 is 0 Å². The Morgan fingerprint density at radius 2 is 1.65 bits per heavy atom. The molecule has 0 aromatic heterocycles. The van der Waals surface area contributed by atoms with E-state index in [9.17, 15) is 14.0 Å². The Morgan fingerprint density at radius 1 is 0.971 bits per heavy atom. The largest absolute Gasteiger partial charge is 0.379 e. The molecule has 0 atom stereocenters. The molecule has 7 nitrogen and oxygen atoms in total. The maximum Gasteiger partial charge on any atom is 0.234 e. The minimum atomic E-state index is -0.276. The lowest BCUT2D eigenvalue weighted by atomic mass is 9.79. The van der Waals surface area contributed by atoms with E-state index < -0.39 is 0 Å². The first-order valence-corrected chi connectivity index (χ1v) is 12.9. The van der Waals surface area contributed by atoms with Gasteiger partial charge < -0.3 is 15.4 Å². The summed E-state index contributed by atoms with van der Waals surface area (Å²) in [5, 5.41) is 6.21. The van der Waals surface area contributed by atoms with E-state index in [2.05, 4.69) is 20.4 Å². The number of likely N-dealkylation sites (tertiary alicyclic amines) is 1. The number of carbonyl (C=O) groups excluding carboxylic acids is 2. The predicted octanol–water partition coefficient (Wildman–Crippen LogP) is 2.31. The average molecular weight is 475 g/mol. The Bertz CT molecular complexity index is 799. The minimum Gasteiger partial charge on any atom is -0.379 e. The van der Waals surface area contributed by atoms with Crippen LogP contribution in [0.5, 0.6) is 0 Å². The van der Waals surface area contributed by atoms with Crippen LogP contribution in [0.1, 0.15) is 50.5 Å². The maximum absolute atomic E-state index is 13.0. The molecule has 1 aromatic carbocycles. The normalized spacial score (nSPS) is 22.3. The molecule has 188 valence electrons. The van der Waals surface area contributed by atoms with Crippen LogP contribution < -0.4 is 10.6 Å². The fourth-order valence-corrected chi connectivity index (χ4v) is 5.66. The number of carbonyl (C=O) groups is 2. The van der Waals surface area contributed by atoms with Gasteiger partial charge in [-0.3, -0.25) is 19.4 Å². The summed E-state index contributed by atoms with van der Waals surface area (Å²) >= 11 is 0. The van der Waals surface area contributed by atoms with Crippen molar-refractivity contribution in [2.24, 2.45) is 5.92 Å². The second-order valence-corrected chi connectivity index (χ2v) is 10.1. The van der Waals surface area contributed by atoms with Crippen molar-refractivity contribution in [3.05, 3.63) is 35.6 Å². The number of piperidine rings is 1. The fourth-order valence-electron chi connectivity index (χ4n) is 5.66. The third kappa shape index (κ3) is 6.77. The molecule has 1 aromatic rings. The summed E-state index contributed by atoms with van der Waals surface area (Å²) in [6.45, 7) is 6.47. The Kier molecular flexibility index (Phi) is 8.92. The van der Waals surface area contributed by atoms with Crippen molar-refractivity contribution in [1.29, 1.82) is 0 Å². The molecule has 3 fully saturated rings. The summed E-state index contributed by atoms with van der Waals surface area (Å²) in [7, 11) is 0. The highest BCUT2D eigenvalue weighted by Crippen LogP contribution is 2.33. The lowest BCUT2D eigenvalue weighted by molar-refractivity contribution is -0.127. The van der Waals surface area contributed by atoms with Gasteiger partial charge in [-0.15, -0.1) is 0 Å². The van der Waals surface area contributed by atoms with Gasteiger partial charge in [0.1, 0.15) is 5.82 Å². The highest BCUT2D eigenvalue weighted by molar-refractivity contribution is 5.79. The Labute approximate surface area is 202 Å². The van der Waals surface area contributed by atoms with E-state index >= 15 is 0 Å². The van der Waals surface area contributed by atoms with Crippen LogP contribution in [-0.4, -0.2) is 79.6 Å². The molecule has 0 unspecified atom stereocenters. The minimum absolute atomic E-state index is 0.0356. The molecule has 1 saturated carbocycles. The molecule has 2 heterocycles. The maximum atomic E-state index is 13.0. The number of benzene rings is 1. The van der Waals surface area contributed by atoms with Gasteiger partial charge in [0.15, 0.2) is 0 Å². The molecular weight excluding hydrogens is 435 g/mol. The molecule has 4 rings (SSSR count). The van der Waals surface area contributed by atoms with Crippen LogP contribution in [0.2, 0.25) is 0 Å². The van der Waals surface area contributed by atoms with Crippen LogP contribution in [0.3, 0.4) is 0 Å². The van der Waals surface area contributed by atoms with Gasteiger partial charge in [0.05, 0.1) is 19.8 Å². The van der Waals surface area contributed by atoms with Crippen molar-refractivity contribution in [1.82, 2.24) is 20.4 Å². The number of nitrogens with zero attached hydrogens (tertiary/aromatic N) is 2. The molecule has 34 heavy (non-hydrogen) atoms. The second-order valence-electron chi connectivity index (χ2n) is 10.1. The molecular formula is C26H39FN4O3. The Balaban J connectivity index is 1.18. The van der Waals surface area contributed by atoms with Crippen LogP contribution in [0.15, 0.2) is 24.3 Å². The van der Waals surface area contributed by atoms with Crippen LogP contribution in [0, 0.1) is 11.7 Å². The first-order valence-electron chi connectivity index (χ1n) is 12.9. The van der Waals surface area contributed by atoms with Crippen LogP contribution in [0.25, 0.3) is 0 Å². The van der Waals surface area contributed by atoms with Crippen molar-refractivity contribution < 1.29 is 18.7 Å². The van der Waals surface area contributed by atoms with Gasteiger partial charge in [-0.25, -0.2) is 4.39 Å². The zero-order valence-electron chi connectivity index (χ0n) is 20.2. The summed E-state index contributed by atoms with van der Waals surface area (Å²) in [6, 6.07) is 6.19. The number of nitrogens with one attached hydrogen (secondary N) is 2. The molecule has 2 amide bonds. The highest BCUT2D eigenvalue weighted by atomic mass is 19.1. The van der Waals surface area contributed by atoms with Gasteiger partial charge in [0.25, 0.3) is 0 Å². The smallest absolute Gasteiger partial charge is 0.234 e. The number of morpholine rings is 1. The molecule has 2 N–H and O–H groups in total. The lowest BCUT2D eigenvalue weighted by Crippen LogP contribution is -2.60. The van der Waals surface area contributed by atoms with E-state index in [0.717, 1.165) is 70.6 Å². The van der Waals surface area contributed by atoms with Gasteiger partial charge in [-0.2, -0.15) is 0 Å². The summed E-state index contributed by atoms with van der Waals surface area (Å²) in [4.78, 5) is 30.0. The van der Waals surface area contributed by atoms with Crippen molar-refractivity contribution in [3.8, 4) is 0 Å². The second kappa shape index (κ2) is 12.1. The van der Waals surface area contributed by atoms with E-state index in [1.54, 1.807) is 12.1 Å². The summed E-state index contributed by atoms with van der Waals surface area (Å²) in [5.74, 6) is -0.191. The van der Waals surface area contributed by atoms with E-state index in [0.29, 0.717) is 19.6 Å². The quantitative estimate of drug-likeness (QED) is 0.605. The topological polar surface area (TPSA) is 73.9 Å². The number of hydrogen-bond donors (Lipinski definition) is 2. The zero-order valence-corrected chi connectivity index (χ0v) is 20.2. The molecule has 0 bridgehead atoms. The van der Waals surface area contributed by atoms with Gasteiger partial charge in [-0.05, 0) is 56.5 Å². The Morgan fingerprint density at radius 3 is 2.32 bits per heavy atom. The van der Waals surface area contributed by atoms with Crippen molar-refractivity contribution >= 4 is 11.8 Å². The monoisotopic (exact) mass is 474 g/mol. The fraction of sp³-hybridized carbons (Fsp3) is 0.692. The van der Waals surface area contributed by atoms with Gasteiger partial charge in [0, 0.05) is 37.6 Å². The summed E-state index contributed by atoms with van der Waals surface area (Å²) in [5.41, 5.74) is 0.962. The number of rotatable bonds is 8. The van der Waals surface area contributed by atoms with E-state index in [1.807, 2.05) is 0 Å². The van der Waals surface area contributed by atoms with Crippen LogP contribution >= 0.6 is 0 Å². The molecule has 2 aliphatic heterocycles. The van der Waals surface area contributed by atoms with E-state index in [-0.39, 0.29) is 29.1 Å². The molecule has 3 aliphatic rings. The molecule has 0 radical (unpaired) electrons. The van der Waals surface area contributed by atoms with E-state index in [4.69, 9.17) is 4.74 Å². The predicted molar refractivity (Wildman–Crippen MR) is 129 cm³/mol. The number of amides is 2. The Hall–Kier alpha value is -2.03. The van der Waals surface area contributed by atoms with Gasteiger partial charge in [-0.1, -0.05) is 31.4 Å². The third-order valence-electron chi connectivity index (χ3n) is 7.79. The molecule has 8 heteroatoms. The molecule has 0 spiro atoms. The zero-order chi connectivity index (χ0) is 23.8. The first-order chi connectivity index (χ1) is 16.5. The van der Waals surface area contributed by atoms with Crippen LogP contribution in [0.4, 0.5) is 4.39 Å².